The van der Waals surface area contributed by atoms with Crippen molar-refractivity contribution in [1.29, 1.82) is 5.41 Å². The van der Waals surface area contributed by atoms with Crippen LogP contribution in [0.5, 0.6) is 0 Å². The molecule has 0 aliphatic carbocycles. The molecule has 0 aliphatic heterocycles. The molecule has 2 N–H and O–H groups in total. The molecule has 0 aliphatic rings. The van der Waals surface area contributed by atoms with Gasteiger partial charge in [-0.3, -0.25) is 10.3 Å². The summed E-state index contributed by atoms with van der Waals surface area (Å²) in [5.74, 6) is 0.774. The van der Waals surface area contributed by atoms with Gasteiger partial charge in [-0.2, -0.15) is 13.2 Å². The molecule has 6 nitrogen and oxygen atoms in total. The van der Waals surface area contributed by atoms with Gasteiger partial charge in [0, 0.05) is 24.2 Å². The van der Waals surface area contributed by atoms with Gasteiger partial charge in [-0.15, -0.1) is 11.3 Å². The van der Waals surface area contributed by atoms with Crippen LogP contribution < -0.4 is 5.32 Å². The Balaban J connectivity index is 1.80. The third-order valence-electron chi connectivity index (χ3n) is 4.83. The van der Waals surface area contributed by atoms with Crippen molar-refractivity contribution in [3.8, 4) is 10.4 Å². The first-order valence-corrected chi connectivity index (χ1v) is 12.9. The first-order valence-electron chi connectivity index (χ1n) is 10.2. The van der Waals surface area contributed by atoms with Crippen LogP contribution in [0.3, 0.4) is 0 Å². The Hall–Kier alpha value is -2.89. The minimum atomic E-state index is -4.77. The van der Waals surface area contributed by atoms with E-state index in [1.807, 2.05) is 18.0 Å². The number of rotatable bonds is 10. The van der Waals surface area contributed by atoms with Gasteiger partial charge in [0.1, 0.15) is 11.5 Å². The SMILES string of the molecule is CN(CCN/C(=C\C(=N)C(F)(F)F)c1ccc(-c2cccc(S(C)(=O)=O)c2)s1)Cc1ccco1. The highest BCUT2D eigenvalue weighted by Crippen LogP contribution is 2.33. The second-order valence-electron chi connectivity index (χ2n) is 7.68. The number of nitrogens with one attached hydrogen (secondary N) is 2. The van der Waals surface area contributed by atoms with E-state index in [2.05, 4.69) is 5.32 Å². The molecule has 0 spiro atoms. The molecule has 0 radical (unpaired) electrons. The minimum Gasteiger partial charge on any atom is -0.468 e. The van der Waals surface area contributed by atoms with Crippen molar-refractivity contribution in [3.05, 3.63) is 71.5 Å². The predicted molar refractivity (Wildman–Crippen MR) is 128 cm³/mol. The Morgan fingerprint density at radius 2 is 1.97 bits per heavy atom. The smallest absolute Gasteiger partial charge is 0.432 e. The minimum absolute atomic E-state index is 0.160. The van der Waals surface area contributed by atoms with Crippen molar-refractivity contribution < 1.29 is 26.0 Å². The van der Waals surface area contributed by atoms with Gasteiger partial charge in [-0.1, -0.05) is 12.1 Å². The number of hydrogen-bond donors (Lipinski definition) is 2. The summed E-state index contributed by atoms with van der Waals surface area (Å²) in [4.78, 5) is 3.31. The molecule has 1 aromatic carbocycles. The molecule has 0 saturated heterocycles. The average molecular weight is 512 g/mol. The summed E-state index contributed by atoms with van der Waals surface area (Å²) in [6, 6.07) is 13.4. The highest BCUT2D eigenvalue weighted by Gasteiger charge is 2.33. The fourth-order valence-electron chi connectivity index (χ4n) is 3.08. The van der Waals surface area contributed by atoms with E-state index in [4.69, 9.17) is 9.83 Å². The van der Waals surface area contributed by atoms with E-state index >= 15 is 0 Å². The number of alkyl halides is 3. The summed E-state index contributed by atoms with van der Waals surface area (Å²) >= 11 is 1.21. The summed E-state index contributed by atoms with van der Waals surface area (Å²) in [6.07, 6.45) is -1.31. The maximum atomic E-state index is 13.0. The van der Waals surface area contributed by atoms with Crippen LogP contribution in [0.2, 0.25) is 0 Å². The molecule has 182 valence electrons. The number of hydrogen-bond acceptors (Lipinski definition) is 7. The summed E-state index contributed by atoms with van der Waals surface area (Å²) in [6.45, 7) is 1.41. The number of benzene rings is 1. The first kappa shape index (κ1) is 25.7. The molecule has 0 bridgehead atoms. The molecule has 0 amide bonds. The lowest BCUT2D eigenvalue weighted by molar-refractivity contribution is -0.0584. The molecule has 2 aromatic heterocycles. The Kier molecular flexibility index (Phi) is 8.01. The number of sulfone groups is 1. The van der Waals surface area contributed by atoms with Crippen molar-refractivity contribution in [2.75, 3.05) is 26.4 Å². The molecule has 0 unspecified atom stereocenters. The second kappa shape index (κ2) is 10.6. The van der Waals surface area contributed by atoms with Crippen LogP contribution in [-0.2, 0) is 16.4 Å². The van der Waals surface area contributed by atoms with Gasteiger partial charge in [0.05, 0.1) is 28.3 Å². The van der Waals surface area contributed by atoms with Crippen molar-refractivity contribution >= 4 is 32.6 Å². The topological polar surface area (TPSA) is 86.4 Å². The zero-order chi connectivity index (χ0) is 24.9. The number of thiophene rings is 1. The second-order valence-corrected chi connectivity index (χ2v) is 10.8. The molecule has 2 heterocycles. The third kappa shape index (κ3) is 7.05. The Bertz CT molecular complexity index is 1260. The largest absolute Gasteiger partial charge is 0.468 e. The van der Waals surface area contributed by atoms with Gasteiger partial charge >= 0.3 is 6.18 Å². The van der Waals surface area contributed by atoms with Gasteiger partial charge in [-0.25, -0.2) is 8.42 Å². The summed E-state index contributed by atoms with van der Waals surface area (Å²) in [5, 5.41) is 10.4. The number of nitrogens with zero attached hydrogens (tertiary/aromatic N) is 1. The molecule has 0 fully saturated rings. The van der Waals surface area contributed by atoms with Crippen molar-refractivity contribution in [2.45, 2.75) is 17.6 Å². The number of likely N-dealkylation sites (N-methyl/N-ethyl adjacent to an activating group) is 1. The summed E-state index contributed by atoms with van der Waals surface area (Å²) in [7, 11) is -1.53. The molecule has 0 saturated carbocycles. The fourth-order valence-corrected chi connectivity index (χ4v) is 4.74. The van der Waals surface area contributed by atoms with Crippen molar-refractivity contribution in [1.82, 2.24) is 10.2 Å². The molecule has 3 aromatic rings. The zero-order valence-electron chi connectivity index (χ0n) is 18.5. The third-order valence-corrected chi connectivity index (χ3v) is 7.10. The van der Waals surface area contributed by atoms with E-state index in [-0.39, 0.29) is 10.6 Å². The monoisotopic (exact) mass is 511 g/mol. The van der Waals surface area contributed by atoms with Crippen LogP contribution in [0.15, 0.2) is 70.2 Å². The van der Waals surface area contributed by atoms with Crippen LogP contribution >= 0.6 is 11.3 Å². The molecule has 0 atom stereocenters. The maximum absolute atomic E-state index is 13.0. The van der Waals surface area contributed by atoms with Crippen molar-refractivity contribution in [2.24, 2.45) is 0 Å². The molecular formula is C23H24F3N3O3S2. The van der Waals surface area contributed by atoms with E-state index in [0.717, 1.165) is 18.1 Å². The fraction of sp³-hybridized carbons (Fsp3) is 0.261. The lowest BCUT2D eigenvalue weighted by Gasteiger charge is -2.17. The molecule has 3 rings (SSSR count). The average Bonchev–Trinajstić information content (AvgIpc) is 3.44. The highest BCUT2D eigenvalue weighted by atomic mass is 32.2. The quantitative estimate of drug-likeness (QED) is 0.372. The van der Waals surface area contributed by atoms with E-state index in [9.17, 15) is 21.6 Å². The van der Waals surface area contributed by atoms with Crippen LogP contribution in [0.1, 0.15) is 10.6 Å². The highest BCUT2D eigenvalue weighted by molar-refractivity contribution is 7.90. The maximum Gasteiger partial charge on any atom is 0.432 e. The molecule has 11 heteroatoms. The Morgan fingerprint density at radius 1 is 1.21 bits per heavy atom. The standard InChI is InChI=1S/C23H24F3N3O3S2/c1-29(15-17-6-4-12-32-17)11-10-28-19(14-22(27)23(24,25)26)21-9-8-20(33-21)16-5-3-7-18(13-16)34(2,30)31/h3-9,12-14,27-28H,10-11,15H2,1-2H3/b19-14-,27-22?. The van der Waals surface area contributed by atoms with Crippen LogP contribution in [0.4, 0.5) is 13.2 Å². The van der Waals surface area contributed by atoms with Gasteiger partial charge < -0.3 is 9.73 Å². The van der Waals surface area contributed by atoms with Crippen LogP contribution in [0.25, 0.3) is 16.1 Å². The van der Waals surface area contributed by atoms with Crippen molar-refractivity contribution in [3.63, 3.8) is 0 Å². The zero-order valence-corrected chi connectivity index (χ0v) is 20.2. The predicted octanol–water partition coefficient (Wildman–Crippen LogP) is 5.06. The lowest BCUT2D eigenvalue weighted by atomic mass is 10.2. The molecule has 34 heavy (non-hydrogen) atoms. The number of furan rings is 1. The van der Waals surface area contributed by atoms with E-state index in [1.165, 1.54) is 23.5 Å². The van der Waals surface area contributed by atoms with Gasteiger partial charge in [-0.05, 0) is 55.1 Å². The van der Waals surface area contributed by atoms with Gasteiger partial charge in [0.25, 0.3) is 0 Å². The van der Waals surface area contributed by atoms with E-state index < -0.39 is 21.7 Å². The van der Waals surface area contributed by atoms with Crippen LogP contribution in [0, 0.1) is 5.41 Å². The lowest BCUT2D eigenvalue weighted by Crippen LogP contribution is -2.29. The van der Waals surface area contributed by atoms with E-state index in [0.29, 0.717) is 35.0 Å². The van der Waals surface area contributed by atoms with Gasteiger partial charge in [0.2, 0.25) is 0 Å². The van der Waals surface area contributed by atoms with Crippen LogP contribution in [-0.4, -0.2) is 51.6 Å². The van der Waals surface area contributed by atoms with E-state index in [1.54, 1.807) is 36.6 Å². The Labute approximate surface area is 200 Å². The number of allylic oxidation sites excluding steroid dienone is 1. The first-order chi connectivity index (χ1) is 15.9. The summed E-state index contributed by atoms with van der Waals surface area (Å²) in [5.41, 5.74) is -0.653. The molecular weight excluding hydrogens is 487 g/mol. The van der Waals surface area contributed by atoms with Gasteiger partial charge in [0.15, 0.2) is 9.84 Å². The number of halogens is 3. The Morgan fingerprint density at radius 3 is 2.62 bits per heavy atom. The normalized spacial score (nSPS) is 12.8. The summed E-state index contributed by atoms with van der Waals surface area (Å²) < 4.78 is 68.2.